The van der Waals surface area contributed by atoms with E-state index in [-0.39, 0.29) is 5.54 Å². The minimum Gasteiger partial charge on any atom is -0.457 e. The number of ether oxygens (including phenoxy) is 1. The molecule has 0 saturated heterocycles. The summed E-state index contributed by atoms with van der Waals surface area (Å²) >= 11 is 0. The SMILES string of the molecule is CC(C)(C)N1CN(c2cccc(Oc3ccc4c5cccc6c5n(c4c3)c3ncccc3c3cccc4c5ccccc5n6c43)c2)c2ccccc21. The smallest absolute Gasteiger partial charge is 0.145 e. The van der Waals surface area contributed by atoms with Gasteiger partial charge in [-0.1, -0.05) is 66.7 Å². The average Bonchev–Trinajstić information content (AvgIpc) is 3.83. The summed E-state index contributed by atoms with van der Waals surface area (Å²) in [6, 6.07) is 49.8. The molecule has 0 radical (unpaired) electrons. The van der Waals surface area contributed by atoms with E-state index in [1.807, 2.05) is 18.3 Å². The van der Waals surface area contributed by atoms with Gasteiger partial charge in [0.15, 0.2) is 0 Å². The van der Waals surface area contributed by atoms with Gasteiger partial charge < -0.3 is 18.9 Å². The van der Waals surface area contributed by atoms with Crippen LogP contribution < -0.4 is 14.5 Å². The normalized spacial score (nSPS) is 13.5. The molecule has 0 unspecified atom stereocenters. The van der Waals surface area contributed by atoms with Gasteiger partial charge in [0.25, 0.3) is 0 Å². The Morgan fingerprint density at radius 3 is 2.04 bits per heavy atom. The van der Waals surface area contributed by atoms with E-state index in [1.54, 1.807) is 0 Å². The number of aromatic nitrogens is 3. The molecule has 5 heterocycles. The molecular formula is C46H35N5O. The van der Waals surface area contributed by atoms with Crippen molar-refractivity contribution >= 4 is 82.6 Å². The maximum absolute atomic E-state index is 6.73. The highest BCUT2D eigenvalue weighted by molar-refractivity contribution is 6.23. The van der Waals surface area contributed by atoms with Crippen LogP contribution in [0.4, 0.5) is 17.1 Å². The van der Waals surface area contributed by atoms with Gasteiger partial charge >= 0.3 is 0 Å². The number of anilines is 3. The molecule has 0 saturated carbocycles. The molecule has 10 aromatic rings. The van der Waals surface area contributed by atoms with Crippen molar-refractivity contribution in [1.29, 1.82) is 0 Å². The second-order valence-corrected chi connectivity index (χ2v) is 14.9. The van der Waals surface area contributed by atoms with Crippen molar-refractivity contribution in [2.75, 3.05) is 16.5 Å². The highest BCUT2D eigenvalue weighted by Gasteiger charge is 2.33. The molecule has 0 aliphatic carbocycles. The van der Waals surface area contributed by atoms with E-state index in [0.717, 1.165) is 56.8 Å². The fourth-order valence-electron chi connectivity index (χ4n) is 8.62. The van der Waals surface area contributed by atoms with E-state index < -0.39 is 0 Å². The minimum absolute atomic E-state index is 0.0107. The van der Waals surface area contributed by atoms with Gasteiger partial charge in [-0.15, -0.1) is 0 Å². The summed E-state index contributed by atoms with van der Waals surface area (Å²) in [5, 5.41) is 7.08. The molecule has 1 aliphatic rings. The maximum Gasteiger partial charge on any atom is 0.145 e. The van der Waals surface area contributed by atoms with Crippen LogP contribution in [-0.2, 0) is 0 Å². The second-order valence-electron chi connectivity index (χ2n) is 14.9. The van der Waals surface area contributed by atoms with Crippen LogP contribution in [0.25, 0.3) is 65.5 Å². The van der Waals surface area contributed by atoms with Crippen molar-refractivity contribution in [2.45, 2.75) is 26.3 Å². The first-order valence-electron chi connectivity index (χ1n) is 17.9. The molecule has 250 valence electrons. The predicted molar refractivity (Wildman–Crippen MR) is 216 cm³/mol. The van der Waals surface area contributed by atoms with Gasteiger partial charge in [-0.25, -0.2) is 4.98 Å². The van der Waals surface area contributed by atoms with Crippen LogP contribution in [0.1, 0.15) is 20.8 Å². The standard InChI is InChI=1S/C46H35N5O/c1-46(2,3)49-28-48(39-20-6-7-21-40(39)49)29-12-8-13-30(26-29)52-31-23-24-33-35-17-10-22-41-44(35)51(42(33)27-31)45-37(18-11-25-47-45)36-16-9-15-34-32-14-4-5-19-38(32)50(41)43(34)36/h4-27H,28H2,1-3H3. The molecule has 0 amide bonds. The Balaban J connectivity index is 1.13. The monoisotopic (exact) mass is 673 g/mol. The van der Waals surface area contributed by atoms with Crippen LogP contribution in [0.2, 0.25) is 0 Å². The molecule has 0 spiro atoms. The lowest BCUT2D eigenvalue weighted by Gasteiger charge is -2.34. The lowest BCUT2D eigenvalue weighted by molar-refractivity contribution is 0.483. The van der Waals surface area contributed by atoms with Gasteiger partial charge in [0, 0.05) is 61.9 Å². The fourth-order valence-corrected chi connectivity index (χ4v) is 8.62. The van der Waals surface area contributed by atoms with E-state index in [1.165, 1.54) is 44.0 Å². The fraction of sp³-hybridized carbons (Fsp3) is 0.109. The molecule has 11 rings (SSSR count). The Bertz CT molecular complexity index is 3090. The van der Waals surface area contributed by atoms with E-state index in [9.17, 15) is 0 Å². The van der Waals surface area contributed by atoms with E-state index >= 15 is 0 Å². The summed E-state index contributed by atoms with van der Waals surface area (Å²) in [4.78, 5) is 9.92. The number of pyridine rings is 1. The second kappa shape index (κ2) is 10.5. The molecular weight excluding hydrogens is 639 g/mol. The Hall–Kier alpha value is -6.53. The number of benzene rings is 6. The van der Waals surface area contributed by atoms with Crippen molar-refractivity contribution in [3.63, 3.8) is 0 Å². The number of rotatable bonds is 3. The Labute approximate surface area is 300 Å². The largest absolute Gasteiger partial charge is 0.457 e. The number of fused-ring (bicyclic) bond motifs is 11. The topological polar surface area (TPSA) is 37.4 Å². The number of nitrogens with zero attached hydrogens (tertiary/aromatic N) is 5. The predicted octanol–water partition coefficient (Wildman–Crippen LogP) is 11.9. The zero-order chi connectivity index (χ0) is 34.7. The lowest BCUT2D eigenvalue weighted by Crippen LogP contribution is -2.42. The van der Waals surface area contributed by atoms with Crippen molar-refractivity contribution in [1.82, 2.24) is 13.8 Å². The third-order valence-electron chi connectivity index (χ3n) is 10.9. The van der Waals surface area contributed by atoms with Gasteiger partial charge in [-0.3, -0.25) is 4.40 Å². The van der Waals surface area contributed by atoms with Crippen molar-refractivity contribution in [3.05, 3.63) is 146 Å². The van der Waals surface area contributed by atoms with Crippen molar-refractivity contribution in [2.24, 2.45) is 0 Å². The molecule has 0 N–H and O–H groups in total. The summed E-state index contributed by atoms with van der Waals surface area (Å²) in [6.07, 6.45) is 1.90. The first-order chi connectivity index (χ1) is 25.4. The zero-order valence-corrected chi connectivity index (χ0v) is 29.2. The number of hydrogen-bond donors (Lipinski definition) is 0. The van der Waals surface area contributed by atoms with E-state index in [0.29, 0.717) is 0 Å². The van der Waals surface area contributed by atoms with Gasteiger partial charge in [-0.2, -0.15) is 0 Å². The summed E-state index contributed by atoms with van der Waals surface area (Å²) < 4.78 is 11.5. The van der Waals surface area contributed by atoms with Gasteiger partial charge in [0.2, 0.25) is 0 Å². The summed E-state index contributed by atoms with van der Waals surface area (Å²) in [6.45, 7) is 7.57. The van der Waals surface area contributed by atoms with Crippen LogP contribution in [0, 0.1) is 0 Å². The summed E-state index contributed by atoms with van der Waals surface area (Å²) in [7, 11) is 0. The first kappa shape index (κ1) is 29.2. The highest BCUT2D eigenvalue weighted by atomic mass is 16.5. The van der Waals surface area contributed by atoms with E-state index in [4.69, 9.17) is 9.72 Å². The number of hydrogen-bond acceptors (Lipinski definition) is 4. The molecule has 6 aromatic carbocycles. The molecule has 1 aliphatic heterocycles. The highest BCUT2D eigenvalue weighted by Crippen LogP contribution is 2.45. The zero-order valence-electron chi connectivity index (χ0n) is 29.2. The van der Waals surface area contributed by atoms with E-state index in [2.05, 4.69) is 167 Å². The van der Waals surface area contributed by atoms with Crippen molar-refractivity contribution in [3.8, 4) is 11.5 Å². The molecule has 4 aromatic heterocycles. The third-order valence-corrected chi connectivity index (χ3v) is 10.9. The molecule has 0 atom stereocenters. The summed E-state index contributed by atoms with van der Waals surface area (Å²) in [5.74, 6) is 1.57. The molecule has 0 fully saturated rings. The Kier molecular flexibility index (Phi) is 5.90. The average molecular weight is 674 g/mol. The van der Waals surface area contributed by atoms with Gasteiger partial charge in [-0.05, 0) is 81.4 Å². The Morgan fingerprint density at radius 1 is 0.519 bits per heavy atom. The van der Waals surface area contributed by atoms with Crippen LogP contribution >= 0.6 is 0 Å². The van der Waals surface area contributed by atoms with Crippen LogP contribution in [0.15, 0.2) is 146 Å². The molecule has 52 heavy (non-hydrogen) atoms. The molecule has 6 heteroatoms. The maximum atomic E-state index is 6.73. The van der Waals surface area contributed by atoms with Gasteiger partial charge in [0.1, 0.15) is 17.1 Å². The third kappa shape index (κ3) is 4.03. The summed E-state index contributed by atoms with van der Waals surface area (Å²) in [5.41, 5.74) is 10.2. The Morgan fingerprint density at radius 2 is 1.17 bits per heavy atom. The molecule has 6 nitrogen and oxygen atoms in total. The van der Waals surface area contributed by atoms with Crippen LogP contribution in [0.5, 0.6) is 11.5 Å². The van der Waals surface area contributed by atoms with Crippen LogP contribution in [-0.4, -0.2) is 26.0 Å². The number of para-hydroxylation sites is 5. The van der Waals surface area contributed by atoms with Crippen molar-refractivity contribution < 1.29 is 4.74 Å². The minimum atomic E-state index is -0.0107. The lowest BCUT2D eigenvalue weighted by atomic mass is 10.1. The van der Waals surface area contributed by atoms with Crippen LogP contribution in [0.3, 0.4) is 0 Å². The van der Waals surface area contributed by atoms with Gasteiger partial charge in [0.05, 0.1) is 45.6 Å². The molecule has 0 bridgehead atoms. The first-order valence-corrected chi connectivity index (χ1v) is 17.9. The quantitative estimate of drug-likeness (QED) is 0.187.